The van der Waals surface area contributed by atoms with Crippen molar-refractivity contribution < 1.29 is 39.9 Å². The summed E-state index contributed by atoms with van der Waals surface area (Å²) in [5.41, 5.74) is 2.26. The summed E-state index contributed by atoms with van der Waals surface area (Å²) < 4.78 is 0. The predicted molar refractivity (Wildman–Crippen MR) is 107 cm³/mol. The second-order valence-electron chi connectivity index (χ2n) is 9.51. The zero-order valence-corrected chi connectivity index (χ0v) is 17.4. The lowest BCUT2D eigenvalue weighted by Gasteiger charge is -2.66. The molecule has 0 saturated carbocycles. The summed E-state index contributed by atoms with van der Waals surface area (Å²) in [7, 11) is 0. The summed E-state index contributed by atoms with van der Waals surface area (Å²) in [5, 5.41) is 42.4. The zero-order valence-electron chi connectivity index (χ0n) is 17.4. The lowest BCUT2D eigenvalue weighted by molar-refractivity contribution is -0.194. The Morgan fingerprint density at radius 2 is 1.29 bits per heavy atom. The molecule has 4 heterocycles. The molecular weight excluding hydrogens is 408 g/mol. The van der Waals surface area contributed by atoms with E-state index in [1.165, 1.54) is 38.2 Å². The van der Waals surface area contributed by atoms with Crippen molar-refractivity contribution in [3.8, 4) is 5.75 Å². The summed E-state index contributed by atoms with van der Waals surface area (Å²) in [6.45, 7) is 9.73. The lowest BCUT2D eigenvalue weighted by Crippen LogP contribution is -2.70. The quantitative estimate of drug-likeness (QED) is 0.415. The summed E-state index contributed by atoms with van der Waals surface area (Å²) in [4.78, 5) is 35.4. The van der Waals surface area contributed by atoms with Crippen LogP contribution in [-0.2, 0) is 14.4 Å². The van der Waals surface area contributed by atoms with Crippen molar-refractivity contribution in [2.45, 2.75) is 32.5 Å². The molecule has 0 aromatic heterocycles. The fourth-order valence-electron chi connectivity index (χ4n) is 5.59. The van der Waals surface area contributed by atoms with Crippen molar-refractivity contribution >= 4 is 17.9 Å². The minimum Gasteiger partial charge on any atom is -0.508 e. The number of carbonyl (C=O) groups is 3. The third-order valence-corrected chi connectivity index (χ3v) is 6.18. The van der Waals surface area contributed by atoms with Gasteiger partial charge in [0.15, 0.2) is 12.0 Å². The maximum absolute atomic E-state index is 10.1. The van der Waals surface area contributed by atoms with Crippen molar-refractivity contribution in [3.63, 3.8) is 0 Å². The van der Waals surface area contributed by atoms with Gasteiger partial charge in [-0.3, -0.25) is 19.4 Å². The van der Waals surface area contributed by atoms with Crippen LogP contribution in [0.1, 0.15) is 32.0 Å². The Bertz CT molecular complexity index is 821. The third-order valence-electron chi connectivity index (χ3n) is 6.18. The van der Waals surface area contributed by atoms with Gasteiger partial charge in [-0.25, -0.2) is 4.79 Å². The van der Waals surface area contributed by atoms with Gasteiger partial charge in [0.05, 0.1) is 6.17 Å². The summed E-state index contributed by atoms with van der Waals surface area (Å²) in [6.07, 6.45) is -0.642. The number of aliphatic hydroxyl groups excluding tert-OH is 1. The number of phenols is 1. The first kappa shape index (κ1) is 23.0. The first-order valence-electron chi connectivity index (χ1n) is 9.98. The van der Waals surface area contributed by atoms with E-state index in [0.29, 0.717) is 22.7 Å². The van der Waals surface area contributed by atoms with Crippen LogP contribution in [0.2, 0.25) is 0 Å². The Kier molecular flexibility index (Phi) is 6.01. The molecule has 5 rings (SSSR count). The highest BCUT2D eigenvalue weighted by Crippen LogP contribution is 2.54. The topological polar surface area (TPSA) is 159 Å². The monoisotopic (exact) mass is 436 g/mol. The van der Waals surface area contributed by atoms with E-state index in [1.54, 1.807) is 0 Å². The molecule has 0 spiro atoms. The number of carboxylic acid groups (broad SMARTS) is 3. The van der Waals surface area contributed by atoms with Crippen molar-refractivity contribution in [3.05, 3.63) is 29.8 Å². The molecule has 0 aliphatic carbocycles. The van der Waals surface area contributed by atoms with E-state index in [9.17, 15) is 19.5 Å². The summed E-state index contributed by atoms with van der Waals surface area (Å²) in [6, 6.07) is 7.78. The second-order valence-corrected chi connectivity index (χ2v) is 9.51. The van der Waals surface area contributed by atoms with Crippen molar-refractivity contribution in [1.29, 1.82) is 0 Å². The Balaban J connectivity index is 0.000000199. The Morgan fingerprint density at radius 3 is 1.61 bits per heavy atom. The summed E-state index contributed by atoms with van der Waals surface area (Å²) >= 11 is 0. The maximum Gasteiger partial charge on any atom is 0.334 e. The van der Waals surface area contributed by atoms with Gasteiger partial charge in [-0.1, -0.05) is 26.0 Å². The molecule has 0 radical (unpaired) electrons. The largest absolute Gasteiger partial charge is 0.508 e. The van der Waals surface area contributed by atoms with E-state index >= 15 is 0 Å². The highest BCUT2D eigenvalue weighted by Gasteiger charge is 2.56. The van der Waals surface area contributed by atoms with Crippen LogP contribution in [0.5, 0.6) is 5.75 Å². The van der Waals surface area contributed by atoms with Crippen LogP contribution in [0.15, 0.2) is 24.3 Å². The van der Waals surface area contributed by atoms with Crippen LogP contribution < -0.4 is 0 Å². The van der Waals surface area contributed by atoms with Crippen molar-refractivity contribution in [2.75, 3.05) is 26.2 Å². The molecule has 1 aromatic carbocycles. The first-order valence-corrected chi connectivity index (χ1v) is 9.98. The standard InChI is InChI=1S/C16H22N2O.C5H6O7/c1-15-7-16(2)10-17(8-15)14(18(9-15)11-16)12-3-5-13(19)6-4-12;6-2(5(11)12)1(3(7)8)4(9)10/h3-6,14,19H,7-11H2,1-2H3;1-2,6H,(H,7,8)(H,9,10)(H,11,12). The molecule has 10 nitrogen and oxygen atoms in total. The number of rotatable bonds is 5. The molecule has 5 N–H and O–H groups in total. The minimum atomic E-state index is -2.43. The van der Waals surface area contributed by atoms with Gasteiger partial charge >= 0.3 is 17.9 Å². The van der Waals surface area contributed by atoms with Crippen LogP contribution in [0, 0.1) is 16.7 Å². The number of aromatic hydroxyl groups is 1. The van der Waals surface area contributed by atoms with Gasteiger partial charge in [0, 0.05) is 26.2 Å². The van der Waals surface area contributed by atoms with E-state index in [2.05, 4.69) is 35.8 Å². The van der Waals surface area contributed by atoms with Crippen molar-refractivity contribution in [1.82, 2.24) is 9.80 Å². The van der Waals surface area contributed by atoms with E-state index in [0.717, 1.165) is 0 Å². The first-order chi connectivity index (χ1) is 14.3. The normalized spacial score (nSPS) is 34.0. The van der Waals surface area contributed by atoms with E-state index in [-0.39, 0.29) is 0 Å². The molecule has 10 heteroatoms. The SMILES string of the molecule is CC12CN3CC(C)(CN(C1)C3c1ccc(O)cc1)C2.O=C(O)C(O)C(C(=O)O)C(=O)O. The zero-order chi connectivity index (χ0) is 23.1. The molecule has 1 unspecified atom stereocenters. The Morgan fingerprint density at radius 1 is 0.871 bits per heavy atom. The molecule has 0 amide bonds. The van der Waals surface area contributed by atoms with Gasteiger partial charge in [-0.05, 0) is 34.9 Å². The highest BCUT2D eigenvalue weighted by molar-refractivity contribution is 5.98. The van der Waals surface area contributed by atoms with Crippen LogP contribution in [0.3, 0.4) is 0 Å². The molecule has 170 valence electrons. The molecule has 4 aliphatic rings. The van der Waals surface area contributed by atoms with Gasteiger partial charge in [0.25, 0.3) is 0 Å². The van der Waals surface area contributed by atoms with Crippen LogP contribution >= 0.6 is 0 Å². The second kappa shape index (κ2) is 8.10. The smallest absolute Gasteiger partial charge is 0.334 e. The van der Waals surface area contributed by atoms with E-state index in [4.69, 9.17) is 20.4 Å². The van der Waals surface area contributed by atoms with Gasteiger partial charge in [-0.2, -0.15) is 0 Å². The highest BCUT2D eigenvalue weighted by atomic mass is 16.4. The number of aliphatic carboxylic acids is 3. The van der Waals surface area contributed by atoms with Gasteiger partial charge in [0.1, 0.15) is 5.75 Å². The van der Waals surface area contributed by atoms with Gasteiger partial charge in [0.2, 0.25) is 0 Å². The van der Waals surface area contributed by atoms with Gasteiger partial charge < -0.3 is 25.5 Å². The number of hydrogen-bond acceptors (Lipinski definition) is 7. The number of phenolic OH excluding ortho intramolecular Hbond substituents is 1. The van der Waals surface area contributed by atoms with Gasteiger partial charge in [-0.15, -0.1) is 0 Å². The predicted octanol–water partition coefficient (Wildman–Crippen LogP) is 0.656. The number of carboxylic acids is 3. The summed E-state index contributed by atoms with van der Waals surface area (Å²) in [5.74, 6) is -7.64. The lowest BCUT2D eigenvalue weighted by atomic mass is 9.63. The number of aliphatic hydroxyl groups is 1. The molecule has 4 aliphatic heterocycles. The molecule has 4 bridgehead atoms. The van der Waals surface area contributed by atoms with Crippen LogP contribution in [0.25, 0.3) is 0 Å². The number of nitrogens with zero attached hydrogens (tertiary/aromatic N) is 2. The van der Waals surface area contributed by atoms with Crippen LogP contribution in [-0.4, -0.2) is 85.5 Å². The number of hydrogen-bond donors (Lipinski definition) is 5. The van der Waals surface area contributed by atoms with Crippen molar-refractivity contribution in [2.24, 2.45) is 16.7 Å². The molecular formula is C21H28N2O8. The third kappa shape index (κ3) is 4.65. The minimum absolute atomic E-state index is 0.358. The Labute approximate surface area is 179 Å². The number of piperidine rings is 2. The molecule has 31 heavy (non-hydrogen) atoms. The Hall–Kier alpha value is -2.69. The van der Waals surface area contributed by atoms with E-state index < -0.39 is 29.9 Å². The number of benzene rings is 1. The average molecular weight is 436 g/mol. The molecule has 4 saturated heterocycles. The molecule has 1 atom stereocenters. The van der Waals surface area contributed by atoms with Crippen LogP contribution in [0.4, 0.5) is 0 Å². The molecule has 1 aromatic rings. The fraction of sp³-hybridized carbons (Fsp3) is 0.571. The molecule has 4 fully saturated rings. The average Bonchev–Trinajstić information content (AvgIpc) is 2.60. The van der Waals surface area contributed by atoms with E-state index in [1.807, 2.05) is 12.1 Å². The fourth-order valence-corrected chi connectivity index (χ4v) is 5.59. The maximum atomic E-state index is 10.1.